The van der Waals surface area contributed by atoms with Crippen LogP contribution in [0.15, 0.2) is 18.2 Å². The van der Waals surface area contributed by atoms with Crippen molar-refractivity contribution in [2.24, 2.45) is 0 Å². The van der Waals surface area contributed by atoms with Crippen molar-refractivity contribution in [1.82, 2.24) is 5.32 Å². The van der Waals surface area contributed by atoms with Gasteiger partial charge in [0.05, 0.1) is 12.6 Å². The van der Waals surface area contributed by atoms with Gasteiger partial charge in [0.1, 0.15) is 0 Å². The molecule has 1 aromatic carbocycles. The number of rotatable bonds is 2. The van der Waals surface area contributed by atoms with E-state index in [1.165, 1.54) is 19.1 Å². The number of alkyl carbamates (subject to hydrolysis) is 1. The van der Waals surface area contributed by atoms with Crippen LogP contribution >= 0.6 is 0 Å². The normalized spacial score (nSPS) is 18.7. The zero-order valence-electron chi connectivity index (χ0n) is 9.80. The van der Waals surface area contributed by atoms with Crippen molar-refractivity contribution in [3.63, 3.8) is 0 Å². The van der Waals surface area contributed by atoms with Crippen LogP contribution in [0.4, 0.5) is 4.79 Å². The predicted octanol–water partition coefficient (Wildman–Crippen LogP) is 1.49. The van der Waals surface area contributed by atoms with Crippen molar-refractivity contribution in [3.05, 3.63) is 23.8 Å². The number of phenols is 1. The van der Waals surface area contributed by atoms with Crippen LogP contribution in [0, 0.1) is 0 Å². The highest BCUT2D eigenvalue weighted by molar-refractivity contribution is 5.71. The lowest BCUT2D eigenvalue weighted by molar-refractivity contribution is -0.132. The Kier molecular flexibility index (Phi) is 3.36. The smallest absolute Gasteiger partial charge is 0.407 e. The Bertz CT molecular complexity index is 485. The van der Waals surface area contributed by atoms with E-state index in [9.17, 15) is 14.7 Å². The van der Waals surface area contributed by atoms with Gasteiger partial charge in [0.15, 0.2) is 11.5 Å². The molecule has 0 radical (unpaired) electrons. The third-order valence-corrected chi connectivity index (χ3v) is 2.57. The van der Waals surface area contributed by atoms with Crippen LogP contribution in [0.2, 0.25) is 0 Å². The molecule has 2 N–H and O–H groups in total. The number of hydrogen-bond acceptors (Lipinski definition) is 5. The van der Waals surface area contributed by atoms with E-state index in [2.05, 4.69) is 5.32 Å². The number of aromatic hydroxyl groups is 1. The summed E-state index contributed by atoms with van der Waals surface area (Å²) in [6, 6.07) is 4.44. The molecule has 1 aromatic rings. The number of nitrogens with one attached hydrogen (secondary N) is 1. The van der Waals surface area contributed by atoms with Gasteiger partial charge in [0, 0.05) is 13.3 Å². The molecule has 1 heterocycles. The van der Waals surface area contributed by atoms with Gasteiger partial charge in [-0.2, -0.15) is 0 Å². The molecule has 0 spiro atoms. The standard InChI is InChI=1S/C12H13NO5/c1-7(14)18-11-3-2-8(6-10(11)15)9-4-5-17-12(16)13-9/h2-3,6,9,15H,4-5H2,1H3,(H,13,16)/t9-/m0/s1. The first-order valence-corrected chi connectivity index (χ1v) is 5.51. The molecule has 96 valence electrons. The van der Waals surface area contributed by atoms with Gasteiger partial charge >= 0.3 is 12.1 Å². The van der Waals surface area contributed by atoms with Gasteiger partial charge in [-0.3, -0.25) is 4.79 Å². The minimum atomic E-state index is -0.502. The van der Waals surface area contributed by atoms with Gasteiger partial charge in [0.25, 0.3) is 0 Å². The lowest BCUT2D eigenvalue weighted by Gasteiger charge is -2.23. The maximum Gasteiger partial charge on any atom is 0.407 e. The first-order valence-electron chi connectivity index (χ1n) is 5.51. The molecule has 1 atom stereocenters. The van der Waals surface area contributed by atoms with E-state index in [4.69, 9.17) is 9.47 Å². The molecule has 0 aliphatic carbocycles. The molecule has 0 saturated carbocycles. The SMILES string of the molecule is CC(=O)Oc1ccc([C@@H]2CCOC(=O)N2)cc1O. The Hall–Kier alpha value is -2.24. The minimum absolute atomic E-state index is 0.102. The Morgan fingerprint density at radius 1 is 1.56 bits per heavy atom. The van der Waals surface area contributed by atoms with E-state index in [1.807, 2.05) is 0 Å². The molecule has 1 saturated heterocycles. The maximum atomic E-state index is 11.1. The summed E-state index contributed by atoms with van der Waals surface area (Å²) in [5, 5.41) is 12.4. The van der Waals surface area contributed by atoms with Crippen LogP contribution in [-0.4, -0.2) is 23.8 Å². The molecule has 0 aromatic heterocycles. The van der Waals surface area contributed by atoms with Crippen LogP contribution in [0.3, 0.4) is 0 Å². The molecule has 18 heavy (non-hydrogen) atoms. The van der Waals surface area contributed by atoms with E-state index in [0.717, 1.165) is 5.56 Å². The van der Waals surface area contributed by atoms with Crippen molar-refractivity contribution in [2.75, 3.05) is 6.61 Å². The lowest BCUT2D eigenvalue weighted by atomic mass is 10.0. The maximum absolute atomic E-state index is 11.1. The number of phenolic OH excluding ortho intramolecular Hbond substituents is 1. The number of cyclic esters (lactones) is 1. The quantitative estimate of drug-likeness (QED) is 0.614. The van der Waals surface area contributed by atoms with Gasteiger partial charge < -0.3 is 19.9 Å². The van der Waals surface area contributed by atoms with Gasteiger partial charge in [0.2, 0.25) is 0 Å². The third kappa shape index (κ3) is 2.71. The Morgan fingerprint density at radius 2 is 2.33 bits per heavy atom. The topological polar surface area (TPSA) is 84.9 Å². The van der Waals surface area contributed by atoms with E-state index in [-0.39, 0.29) is 17.5 Å². The molecule has 6 heteroatoms. The monoisotopic (exact) mass is 251 g/mol. The molecule has 1 fully saturated rings. The van der Waals surface area contributed by atoms with E-state index < -0.39 is 12.1 Å². The summed E-state index contributed by atoms with van der Waals surface area (Å²) in [5.41, 5.74) is 0.736. The second-order valence-electron chi connectivity index (χ2n) is 3.94. The summed E-state index contributed by atoms with van der Waals surface area (Å²) in [5.74, 6) is -0.537. The Morgan fingerprint density at radius 3 is 2.94 bits per heavy atom. The number of carbonyl (C=O) groups excluding carboxylic acids is 2. The zero-order chi connectivity index (χ0) is 13.1. The van der Waals surface area contributed by atoms with Crippen molar-refractivity contribution in [1.29, 1.82) is 0 Å². The number of ether oxygens (including phenoxy) is 2. The molecule has 0 bridgehead atoms. The average molecular weight is 251 g/mol. The fraction of sp³-hybridized carbons (Fsp3) is 0.333. The largest absolute Gasteiger partial charge is 0.504 e. The van der Waals surface area contributed by atoms with Crippen LogP contribution in [-0.2, 0) is 9.53 Å². The van der Waals surface area contributed by atoms with Crippen LogP contribution in [0.5, 0.6) is 11.5 Å². The fourth-order valence-electron chi connectivity index (χ4n) is 1.77. The van der Waals surface area contributed by atoms with Crippen LogP contribution in [0.25, 0.3) is 0 Å². The second kappa shape index (κ2) is 4.95. The van der Waals surface area contributed by atoms with E-state index in [1.54, 1.807) is 6.07 Å². The van der Waals surface area contributed by atoms with Gasteiger partial charge in [-0.25, -0.2) is 4.79 Å². The molecular weight excluding hydrogens is 238 g/mol. The lowest BCUT2D eigenvalue weighted by Crippen LogP contribution is -2.35. The molecule has 2 rings (SSSR count). The fourth-order valence-corrected chi connectivity index (χ4v) is 1.77. The van der Waals surface area contributed by atoms with Crippen molar-refractivity contribution < 1.29 is 24.2 Å². The van der Waals surface area contributed by atoms with Crippen molar-refractivity contribution >= 4 is 12.1 Å². The zero-order valence-corrected chi connectivity index (χ0v) is 9.80. The average Bonchev–Trinajstić information content (AvgIpc) is 2.31. The number of amides is 1. The van der Waals surface area contributed by atoms with E-state index >= 15 is 0 Å². The van der Waals surface area contributed by atoms with Gasteiger partial charge in [-0.05, 0) is 17.7 Å². The molecular formula is C12H13NO5. The van der Waals surface area contributed by atoms with Crippen molar-refractivity contribution in [3.8, 4) is 11.5 Å². The molecule has 6 nitrogen and oxygen atoms in total. The minimum Gasteiger partial charge on any atom is -0.504 e. The third-order valence-electron chi connectivity index (χ3n) is 2.57. The Labute approximate surface area is 104 Å². The number of esters is 1. The number of carbonyl (C=O) groups is 2. The van der Waals surface area contributed by atoms with Crippen LogP contribution in [0.1, 0.15) is 24.9 Å². The van der Waals surface area contributed by atoms with Crippen molar-refractivity contribution in [2.45, 2.75) is 19.4 Å². The highest BCUT2D eigenvalue weighted by Gasteiger charge is 2.21. The number of benzene rings is 1. The summed E-state index contributed by atoms with van der Waals surface area (Å²) < 4.78 is 9.56. The van der Waals surface area contributed by atoms with Crippen LogP contribution < -0.4 is 10.1 Å². The van der Waals surface area contributed by atoms with Gasteiger partial charge in [-0.15, -0.1) is 0 Å². The summed E-state index contributed by atoms with van der Waals surface area (Å²) in [4.78, 5) is 21.9. The highest BCUT2D eigenvalue weighted by Crippen LogP contribution is 2.31. The molecule has 1 amide bonds. The first-order chi connectivity index (χ1) is 8.56. The number of hydrogen-bond donors (Lipinski definition) is 2. The second-order valence-corrected chi connectivity index (χ2v) is 3.94. The summed E-state index contributed by atoms with van der Waals surface area (Å²) in [7, 11) is 0. The summed E-state index contributed by atoms with van der Waals surface area (Å²) in [6.45, 7) is 1.59. The molecule has 0 unspecified atom stereocenters. The van der Waals surface area contributed by atoms with Gasteiger partial charge in [-0.1, -0.05) is 6.07 Å². The highest BCUT2D eigenvalue weighted by atomic mass is 16.6. The molecule has 1 aliphatic heterocycles. The predicted molar refractivity (Wildman–Crippen MR) is 61.3 cm³/mol. The summed E-state index contributed by atoms with van der Waals surface area (Å²) >= 11 is 0. The van der Waals surface area contributed by atoms with E-state index in [0.29, 0.717) is 13.0 Å². The molecule has 1 aliphatic rings. The Balaban J connectivity index is 2.17. The first kappa shape index (κ1) is 12.2. The summed E-state index contributed by atoms with van der Waals surface area (Å²) in [6.07, 6.45) is 0.146.